The van der Waals surface area contributed by atoms with Gasteiger partial charge in [-0.25, -0.2) is 4.79 Å². The van der Waals surface area contributed by atoms with Gasteiger partial charge < -0.3 is 9.84 Å². The fraction of sp³-hybridized carbons (Fsp3) is 0.211. The SMILES string of the molecule is CCc1ccc(/C=C(\C(=O)O)c2cc(C)ccc2OC)cc1. The molecule has 0 aliphatic rings. The van der Waals surface area contributed by atoms with Crippen LogP contribution in [0.15, 0.2) is 42.5 Å². The predicted molar refractivity (Wildman–Crippen MR) is 89.1 cm³/mol. The van der Waals surface area contributed by atoms with Gasteiger partial charge in [0.15, 0.2) is 0 Å². The number of hydrogen-bond acceptors (Lipinski definition) is 2. The van der Waals surface area contributed by atoms with Crippen molar-refractivity contribution < 1.29 is 14.6 Å². The molecule has 0 bridgehead atoms. The van der Waals surface area contributed by atoms with Crippen molar-refractivity contribution >= 4 is 17.6 Å². The van der Waals surface area contributed by atoms with Crippen molar-refractivity contribution in [3.63, 3.8) is 0 Å². The molecule has 22 heavy (non-hydrogen) atoms. The number of aliphatic carboxylic acids is 1. The van der Waals surface area contributed by atoms with Gasteiger partial charge in [0.1, 0.15) is 5.75 Å². The maximum atomic E-state index is 11.7. The molecule has 0 atom stereocenters. The van der Waals surface area contributed by atoms with Crippen LogP contribution in [-0.4, -0.2) is 18.2 Å². The molecule has 1 N–H and O–H groups in total. The van der Waals surface area contributed by atoms with Gasteiger partial charge in [0.25, 0.3) is 0 Å². The first-order valence-electron chi connectivity index (χ1n) is 7.24. The summed E-state index contributed by atoms with van der Waals surface area (Å²) in [6.07, 6.45) is 2.64. The van der Waals surface area contributed by atoms with Crippen molar-refractivity contribution in [1.82, 2.24) is 0 Å². The Hall–Kier alpha value is -2.55. The summed E-state index contributed by atoms with van der Waals surface area (Å²) in [4.78, 5) is 11.7. The van der Waals surface area contributed by atoms with Crippen LogP contribution in [0, 0.1) is 6.92 Å². The van der Waals surface area contributed by atoms with Gasteiger partial charge in [-0.15, -0.1) is 0 Å². The van der Waals surface area contributed by atoms with Gasteiger partial charge in [-0.3, -0.25) is 0 Å². The van der Waals surface area contributed by atoms with E-state index in [2.05, 4.69) is 6.92 Å². The van der Waals surface area contributed by atoms with Crippen LogP contribution in [0.3, 0.4) is 0 Å². The molecule has 0 fully saturated rings. The maximum absolute atomic E-state index is 11.7. The van der Waals surface area contributed by atoms with E-state index < -0.39 is 5.97 Å². The highest BCUT2D eigenvalue weighted by molar-refractivity contribution is 6.21. The quantitative estimate of drug-likeness (QED) is 0.664. The normalized spacial score (nSPS) is 11.3. The molecule has 0 aromatic heterocycles. The van der Waals surface area contributed by atoms with Crippen LogP contribution < -0.4 is 4.74 Å². The number of benzene rings is 2. The molecule has 0 aliphatic carbocycles. The topological polar surface area (TPSA) is 46.5 Å². The van der Waals surface area contributed by atoms with E-state index in [0.717, 1.165) is 17.5 Å². The van der Waals surface area contributed by atoms with Crippen molar-refractivity contribution in [3.05, 3.63) is 64.7 Å². The second kappa shape index (κ2) is 6.94. The van der Waals surface area contributed by atoms with Crippen LogP contribution in [0.5, 0.6) is 5.75 Å². The Morgan fingerprint density at radius 3 is 2.41 bits per heavy atom. The lowest BCUT2D eigenvalue weighted by atomic mass is 9.99. The van der Waals surface area contributed by atoms with Crippen molar-refractivity contribution in [3.8, 4) is 5.75 Å². The standard InChI is InChI=1S/C19H20O3/c1-4-14-6-8-15(9-7-14)12-17(19(20)21)16-11-13(2)5-10-18(16)22-3/h5-12H,4H2,1-3H3,(H,20,21)/b17-12-. The maximum Gasteiger partial charge on any atom is 0.336 e. The van der Waals surface area contributed by atoms with E-state index in [1.165, 1.54) is 5.56 Å². The average Bonchev–Trinajstić information content (AvgIpc) is 2.53. The first-order chi connectivity index (χ1) is 10.5. The predicted octanol–water partition coefficient (Wildman–Crippen LogP) is 4.19. The number of carboxylic acid groups (broad SMARTS) is 1. The summed E-state index contributed by atoms with van der Waals surface area (Å²) in [5, 5.41) is 9.58. The Morgan fingerprint density at radius 2 is 1.86 bits per heavy atom. The highest BCUT2D eigenvalue weighted by Crippen LogP contribution is 2.29. The number of carboxylic acids is 1. The average molecular weight is 296 g/mol. The molecule has 0 saturated carbocycles. The number of rotatable bonds is 5. The Morgan fingerprint density at radius 1 is 1.18 bits per heavy atom. The van der Waals surface area contributed by atoms with Gasteiger partial charge in [-0.1, -0.05) is 42.8 Å². The van der Waals surface area contributed by atoms with E-state index in [1.807, 2.05) is 43.3 Å². The minimum atomic E-state index is -0.969. The molecule has 0 amide bonds. The molecule has 0 spiro atoms. The zero-order valence-electron chi connectivity index (χ0n) is 13.1. The smallest absolute Gasteiger partial charge is 0.336 e. The molecule has 114 valence electrons. The fourth-order valence-electron chi connectivity index (χ4n) is 2.30. The lowest BCUT2D eigenvalue weighted by molar-refractivity contribution is -0.130. The minimum Gasteiger partial charge on any atom is -0.496 e. The van der Waals surface area contributed by atoms with Crippen LogP contribution in [0.2, 0.25) is 0 Å². The third kappa shape index (κ3) is 3.55. The molecule has 3 heteroatoms. The molecule has 0 radical (unpaired) electrons. The largest absolute Gasteiger partial charge is 0.496 e. The molecule has 2 aromatic carbocycles. The van der Waals surface area contributed by atoms with Crippen LogP contribution in [0.1, 0.15) is 29.2 Å². The van der Waals surface area contributed by atoms with Gasteiger partial charge in [-0.2, -0.15) is 0 Å². The summed E-state index contributed by atoms with van der Waals surface area (Å²) in [5.41, 5.74) is 3.89. The Balaban J connectivity index is 2.52. The van der Waals surface area contributed by atoms with E-state index in [4.69, 9.17) is 4.74 Å². The van der Waals surface area contributed by atoms with Crippen LogP contribution >= 0.6 is 0 Å². The number of aryl methyl sites for hydroxylation is 2. The molecule has 0 saturated heterocycles. The molecule has 3 nitrogen and oxygen atoms in total. The highest BCUT2D eigenvalue weighted by Gasteiger charge is 2.15. The zero-order valence-corrected chi connectivity index (χ0v) is 13.1. The van der Waals surface area contributed by atoms with E-state index in [-0.39, 0.29) is 5.57 Å². The molecular formula is C19H20O3. The second-order valence-corrected chi connectivity index (χ2v) is 5.16. The first-order valence-corrected chi connectivity index (χ1v) is 7.24. The highest BCUT2D eigenvalue weighted by atomic mass is 16.5. The Labute approximate surface area is 130 Å². The van der Waals surface area contributed by atoms with E-state index >= 15 is 0 Å². The van der Waals surface area contributed by atoms with Gasteiger partial charge >= 0.3 is 5.97 Å². The van der Waals surface area contributed by atoms with Crippen molar-refractivity contribution in [1.29, 1.82) is 0 Å². The molecule has 0 aliphatic heterocycles. The summed E-state index contributed by atoms with van der Waals surface area (Å²) in [6, 6.07) is 13.4. The number of hydrogen-bond donors (Lipinski definition) is 1. The third-order valence-corrected chi connectivity index (χ3v) is 3.57. The lowest BCUT2D eigenvalue weighted by Gasteiger charge is -2.10. The molecular weight excluding hydrogens is 276 g/mol. The van der Waals surface area contributed by atoms with Gasteiger partial charge in [0, 0.05) is 5.56 Å². The lowest BCUT2D eigenvalue weighted by Crippen LogP contribution is -2.02. The Bertz CT molecular complexity index is 697. The number of methoxy groups -OCH3 is 1. The zero-order chi connectivity index (χ0) is 16.1. The molecule has 2 rings (SSSR count). The van der Waals surface area contributed by atoms with Crippen LogP contribution in [0.4, 0.5) is 0 Å². The van der Waals surface area contributed by atoms with Crippen molar-refractivity contribution in [2.24, 2.45) is 0 Å². The molecule has 0 heterocycles. The number of carbonyl (C=O) groups is 1. The van der Waals surface area contributed by atoms with E-state index in [1.54, 1.807) is 19.3 Å². The third-order valence-electron chi connectivity index (χ3n) is 3.57. The Kier molecular flexibility index (Phi) is 4.99. The first kappa shape index (κ1) is 15.8. The minimum absolute atomic E-state index is 0.227. The monoisotopic (exact) mass is 296 g/mol. The van der Waals surface area contributed by atoms with Crippen LogP contribution in [-0.2, 0) is 11.2 Å². The van der Waals surface area contributed by atoms with Crippen molar-refractivity contribution in [2.75, 3.05) is 7.11 Å². The molecule has 0 unspecified atom stereocenters. The van der Waals surface area contributed by atoms with Gasteiger partial charge in [0.2, 0.25) is 0 Å². The second-order valence-electron chi connectivity index (χ2n) is 5.16. The summed E-state index contributed by atoms with van der Waals surface area (Å²) in [7, 11) is 1.55. The fourth-order valence-corrected chi connectivity index (χ4v) is 2.30. The van der Waals surface area contributed by atoms with Gasteiger partial charge in [-0.05, 0) is 42.7 Å². The van der Waals surface area contributed by atoms with E-state index in [0.29, 0.717) is 11.3 Å². The summed E-state index contributed by atoms with van der Waals surface area (Å²) < 4.78 is 5.30. The molecule has 2 aromatic rings. The summed E-state index contributed by atoms with van der Waals surface area (Å²) in [5.74, 6) is -0.409. The van der Waals surface area contributed by atoms with E-state index in [9.17, 15) is 9.90 Å². The number of ether oxygens (including phenoxy) is 1. The summed E-state index contributed by atoms with van der Waals surface area (Å²) in [6.45, 7) is 4.02. The van der Waals surface area contributed by atoms with Crippen molar-refractivity contribution in [2.45, 2.75) is 20.3 Å². The van der Waals surface area contributed by atoms with Crippen LogP contribution in [0.25, 0.3) is 11.6 Å². The summed E-state index contributed by atoms with van der Waals surface area (Å²) >= 11 is 0. The van der Waals surface area contributed by atoms with Gasteiger partial charge in [0.05, 0.1) is 12.7 Å².